The highest BCUT2D eigenvalue weighted by atomic mass is 19.4. The SMILES string of the molecule is CC1CCOC1C(NN)c1ccc(C(F)(F)F)c(F)c1. The number of hydrogen-bond acceptors (Lipinski definition) is 3. The van der Waals surface area contributed by atoms with E-state index >= 15 is 0 Å². The first-order valence-corrected chi connectivity index (χ1v) is 6.29. The fourth-order valence-corrected chi connectivity index (χ4v) is 2.48. The fraction of sp³-hybridized carbons (Fsp3) is 0.538. The Kier molecular flexibility index (Phi) is 4.31. The molecule has 1 aliphatic rings. The number of hydrogen-bond donors (Lipinski definition) is 2. The molecule has 0 saturated carbocycles. The van der Waals surface area contributed by atoms with Crippen LogP contribution in [0.15, 0.2) is 18.2 Å². The maximum absolute atomic E-state index is 13.6. The van der Waals surface area contributed by atoms with Crippen molar-refractivity contribution in [1.29, 1.82) is 0 Å². The minimum atomic E-state index is -4.70. The van der Waals surface area contributed by atoms with Crippen molar-refractivity contribution in [2.45, 2.75) is 31.7 Å². The van der Waals surface area contributed by atoms with Gasteiger partial charge in [0.05, 0.1) is 17.7 Å². The predicted octanol–water partition coefficient (Wildman–Crippen LogP) is 2.77. The first-order chi connectivity index (χ1) is 9.34. The summed E-state index contributed by atoms with van der Waals surface area (Å²) in [6.45, 7) is 2.52. The lowest BCUT2D eigenvalue weighted by Gasteiger charge is -2.26. The van der Waals surface area contributed by atoms with Crippen molar-refractivity contribution in [1.82, 2.24) is 5.43 Å². The van der Waals surface area contributed by atoms with Gasteiger partial charge < -0.3 is 4.74 Å². The van der Waals surface area contributed by atoms with E-state index in [1.54, 1.807) is 0 Å². The summed E-state index contributed by atoms with van der Waals surface area (Å²) in [5, 5.41) is 0. The molecule has 1 fully saturated rings. The van der Waals surface area contributed by atoms with Crippen LogP contribution >= 0.6 is 0 Å². The molecule has 7 heteroatoms. The summed E-state index contributed by atoms with van der Waals surface area (Å²) in [6.07, 6.45) is -4.15. The van der Waals surface area contributed by atoms with Gasteiger partial charge in [0.2, 0.25) is 0 Å². The Hall–Kier alpha value is -1.18. The van der Waals surface area contributed by atoms with Gasteiger partial charge in [0.25, 0.3) is 0 Å². The third-order valence-corrected chi connectivity index (χ3v) is 3.61. The van der Waals surface area contributed by atoms with Crippen molar-refractivity contribution in [2.75, 3.05) is 6.61 Å². The smallest absolute Gasteiger partial charge is 0.376 e. The number of halogens is 4. The van der Waals surface area contributed by atoms with Crippen molar-refractivity contribution in [2.24, 2.45) is 11.8 Å². The zero-order valence-corrected chi connectivity index (χ0v) is 10.9. The molecule has 1 aromatic rings. The Balaban J connectivity index is 2.30. The molecule has 3 atom stereocenters. The molecule has 0 bridgehead atoms. The van der Waals surface area contributed by atoms with Crippen molar-refractivity contribution in [3.8, 4) is 0 Å². The standard InChI is InChI=1S/C13H16F4N2O/c1-7-4-5-20-12(7)11(19-18)8-2-3-9(10(14)6-8)13(15,16)17/h2-3,6-7,11-12,19H,4-5,18H2,1H3. The van der Waals surface area contributed by atoms with E-state index in [2.05, 4.69) is 5.43 Å². The van der Waals surface area contributed by atoms with E-state index in [-0.39, 0.29) is 12.0 Å². The highest BCUT2D eigenvalue weighted by molar-refractivity contribution is 5.29. The highest BCUT2D eigenvalue weighted by Gasteiger charge is 2.36. The second-order valence-electron chi connectivity index (χ2n) is 4.98. The van der Waals surface area contributed by atoms with Crippen LogP contribution in [0.4, 0.5) is 17.6 Å². The average Bonchev–Trinajstić information content (AvgIpc) is 2.75. The van der Waals surface area contributed by atoms with Crippen LogP contribution in [0.2, 0.25) is 0 Å². The van der Waals surface area contributed by atoms with E-state index in [0.717, 1.165) is 18.6 Å². The van der Waals surface area contributed by atoms with Crippen molar-refractivity contribution in [3.63, 3.8) is 0 Å². The van der Waals surface area contributed by atoms with Gasteiger partial charge >= 0.3 is 6.18 Å². The van der Waals surface area contributed by atoms with Crippen molar-refractivity contribution in [3.05, 3.63) is 35.1 Å². The Morgan fingerprint density at radius 2 is 2.10 bits per heavy atom. The van der Waals surface area contributed by atoms with Crippen LogP contribution in [0, 0.1) is 11.7 Å². The van der Waals surface area contributed by atoms with Gasteiger partial charge in [0.15, 0.2) is 0 Å². The molecule has 1 aliphatic heterocycles. The van der Waals surface area contributed by atoms with Gasteiger partial charge in [-0.25, -0.2) is 4.39 Å². The molecule has 1 aromatic carbocycles. The monoisotopic (exact) mass is 292 g/mol. The summed E-state index contributed by atoms with van der Waals surface area (Å²) in [5.74, 6) is 4.34. The molecule has 112 valence electrons. The number of nitrogens with one attached hydrogen (secondary N) is 1. The fourth-order valence-electron chi connectivity index (χ4n) is 2.48. The largest absolute Gasteiger partial charge is 0.419 e. The van der Waals surface area contributed by atoms with Gasteiger partial charge in [0, 0.05) is 6.61 Å². The molecule has 1 heterocycles. The summed E-state index contributed by atoms with van der Waals surface area (Å²) >= 11 is 0. The summed E-state index contributed by atoms with van der Waals surface area (Å²) in [5.41, 5.74) is 1.57. The van der Waals surface area contributed by atoms with E-state index in [9.17, 15) is 17.6 Å². The minimum absolute atomic E-state index is 0.196. The molecule has 0 radical (unpaired) electrons. The molecule has 0 amide bonds. The molecule has 2 rings (SSSR count). The molecule has 3 N–H and O–H groups in total. The van der Waals surface area contributed by atoms with Crippen LogP contribution in [0.5, 0.6) is 0 Å². The average molecular weight is 292 g/mol. The van der Waals surface area contributed by atoms with E-state index in [0.29, 0.717) is 12.2 Å². The second kappa shape index (κ2) is 5.67. The lowest BCUT2D eigenvalue weighted by Crippen LogP contribution is -2.38. The summed E-state index contributed by atoms with van der Waals surface area (Å²) in [4.78, 5) is 0. The molecular formula is C13H16F4N2O. The number of ether oxygens (including phenoxy) is 1. The minimum Gasteiger partial charge on any atom is -0.376 e. The van der Waals surface area contributed by atoms with Crippen LogP contribution in [-0.2, 0) is 10.9 Å². The lowest BCUT2D eigenvalue weighted by atomic mass is 9.92. The van der Waals surface area contributed by atoms with Gasteiger partial charge in [-0.3, -0.25) is 11.3 Å². The van der Waals surface area contributed by atoms with Gasteiger partial charge in [-0.1, -0.05) is 13.0 Å². The van der Waals surface area contributed by atoms with Gasteiger partial charge in [0.1, 0.15) is 5.82 Å². The topological polar surface area (TPSA) is 47.3 Å². The Morgan fingerprint density at radius 1 is 1.40 bits per heavy atom. The van der Waals surface area contributed by atoms with Crippen LogP contribution in [-0.4, -0.2) is 12.7 Å². The van der Waals surface area contributed by atoms with Crippen LogP contribution < -0.4 is 11.3 Å². The van der Waals surface area contributed by atoms with Crippen LogP contribution in [0.25, 0.3) is 0 Å². The lowest BCUT2D eigenvalue weighted by molar-refractivity contribution is -0.140. The third kappa shape index (κ3) is 2.94. The first-order valence-electron chi connectivity index (χ1n) is 6.29. The number of rotatable bonds is 3. The van der Waals surface area contributed by atoms with Crippen molar-refractivity contribution >= 4 is 0 Å². The Labute approximate surface area is 114 Å². The van der Waals surface area contributed by atoms with Gasteiger partial charge in [-0.2, -0.15) is 13.2 Å². The molecule has 0 aliphatic carbocycles. The molecule has 20 heavy (non-hydrogen) atoms. The van der Waals surface area contributed by atoms with E-state index < -0.39 is 23.6 Å². The molecule has 1 saturated heterocycles. The Morgan fingerprint density at radius 3 is 2.55 bits per heavy atom. The Bertz CT molecular complexity index is 478. The molecule has 0 aromatic heterocycles. The number of nitrogens with two attached hydrogens (primary N) is 1. The zero-order chi connectivity index (χ0) is 14.9. The normalized spacial score (nSPS) is 24.9. The van der Waals surface area contributed by atoms with E-state index in [1.807, 2.05) is 6.92 Å². The summed E-state index contributed by atoms with van der Waals surface area (Å²) in [6, 6.07) is 2.28. The predicted molar refractivity (Wildman–Crippen MR) is 65.0 cm³/mol. The zero-order valence-electron chi connectivity index (χ0n) is 10.9. The molecular weight excluding hydrogens is 276 g/mol. The molecule has 3 unspecified atom stereocenters. The van der Waals surface area contributed by atoms with Crippen LogP contribution in [0.1, 0.15) is 30.5 Å². The number of hydrazine groups is 1. The quantitative estimate of drug-likeness (QED) is 0.511. The number of benzene rings is 1. The summed E-state index contributed by atoms with van der Waals surface area (Å²) < 4.78 is 56.7. The number of alkyl halides is 3. The summed E-state index contributed by atoms with van der Waals surface area (Å²) in [7, 11) is 0. The van der Waals surface area contributed by atoms with E-state index in [1.165, 1.54) is 6.07 Å². The maximum atomic E-state index is 13.6. The molecule has 3 nitrogen and oxygen atoms in total. The van der Waals surface area contributed by atoms with Gasteiger partial charge in [-0.15, -0.1) is 0 Å². The van der Waals surface area contributed by atoms with Crippen molar-refractivity contribution < 1.29 is 22.3 Å². The third-order valence-electron chi connectivity index (χ3n) is 3.61. The van der Waals surface area contributed by atoms with Gasteiger partial charge in [-0.05, 0) is 30.0 Å². The van der Waals surface area contributed by atoms with E-state index in [4.69, 9.17) is 10.6 Å². The second-order valence-corrected chi connectivity index (χ2v) is 4.98. The maximum Gasteiger partial charge on any atom is 0.419 e. The first kappa shape index (κ1) is 15.2. The van der Waals surface area contributed by atoms with Crippen LogP contribution in [0.3, 0.4) is 0 Å². The highest BCUT2D eigenvalue weighted by Crippen LogP contribution is 2.35. The molecule has 0 spiro atoms.